The SMILES string of the molecule is Cc1nnc(N[C@H](C(=O)O)C(C)C)s1. The summed E-state index contributed by atoms with van der Waals surface area (Å²) in [5, 5.41) is 20.7. The Morgan fingerprint density at radius 1 is 1.50 bits per heavy atom. The molecule has 0 aliphatic carbocycles. The van der Waals surface area contributed by atoms with Gasteiger partial charge in [0.15, 0.2) is 0 Å². The molecule has 1 heterocycles. The van der Waals surface area contributed by atoms with Crippen LogP contribution >= 0.6 is 11.3 Å². The smallest absolute Gasteiger partial charge is 0.326 e. The van der Waals surface area contributed by atoms with Gasteiger partial charge >= 0.3 is 5.97 Å². The molecule has 0 amide bonds. The highest BCUT2D eigenvalue weighted by Gasteiger charge is 2.22. The molecule has 0 spiro atoms. The molecule has 0 aromatic carbocycles. The Morgan fingerprint density at radius 3 is 2.50 bits per heavy atom. The first-order valence-corrected chi connectivity index (χ1v) is 5.12. The van der Waals surface area contributed by atoms with Crippen LogP contribution < -0.4 is 5.32 Å². The van der Waals surface area contributed by atoms with Crippen molar-refractivity contribution in [1.29, 1.82) is 0 Å². The number of carboxylic acids is 1. The van der Waals surface area contributed by atoms with Crippen molar-refractivity contribution in [3.63, 3.8) is 0 Å². The number of rotatable bonds is 4. The zero-order valence-electron chi connectivity index (χ0n) is 8.31. The molecular formula is C8H13N3O2S. The molecule has 0 radical (unpaired) electrons. The summed E-state index contributed by atoms with van der Waals surface area (Å²) in [4.78, 5) is 10.8. The van der Waals surface area contributed by atoms with Gasteiger partial charge in [-0.3, -0.25) is 0 Å². The second-order valence-corrected chi connectivity index (χ2v) is 4.51. The van der Waals surface area contributed by atoms with Gasteiger partial charge in [-0.05, 0) is 12.8 Å². The van der Waals surface area contributed by atoms with E-state index in [2.05, 4.69) is 15.5 Å². The number of anilines is 1. The first-order valence-electron chi connectivity index (χ1n) is 4.30. The summed E-state index contributed by atoms with van der Waals surface area (Å²) in [5.41, 5.74) is 0. The predicted octanol–water partition coefficient (Wildman–Crippen LogP) is 1.37. The molecule has 1 rings (SSSR count). The van der Waals surface area contributed by atoms with Gasteiger partial charge in [-0.15, -0.1) is 10.2 Å². The molecule has 0 aliphatic heterocycles. The molecule has 78 valence electrons. The van der Waals surface area contributed by atoms with Gasteiger partial charge in [-0.1, -0.05) is 25.2 Å². The lowest BCUT2D eigenvalue weighted by Gasteiger charge is -2.16. The van der Waals surface area contributed by atoms with Gasteiger partial charge in [-0.2, -0.15) is 0 Å². The Labute approximate surface area is 86.2 Å². The van der Waals surface area contributed by atoms with Crippen LogP contribution in [0.3, 0.4) is 0 Å². The number of aromatic nitrogens is 2. The standard InChI is InChI=1S/C8H13N3O2S/c1-4(2)6(7(12)13)9-8-11-10-5(3)14-8/h4,6H,1-3H3,(H,9,11)(H,12,13)/t6-/m0/s1. The van der Waals surface area contributed by atoms with E-state index in [1.54, 1.807) is 0 Å². The molecular weight excluding hydrogens is 202 g/mol. The van der Waals surface area contributed by atoms with Crippen molar-refractivity contribution in [2.75, 3.05) is 5.32 Å². The Hall–Kier alpha value is -1.17. The van der Waals surface area contributed by atoms with E-state index in [1.165, 1.54) is 11.3 Å². The van der Waals surface area contributed by atoms with E-state index in [4.69, 9.17) is 5.11 Å². The zero-order chi connectivity index (χ0) is 10.7. The van der Waals surface area contributed by atoms with Crippen LogP contribution in [-0.4, -0.2) is 27.3 Å². The number of hydrogen-bond acceptors (Lipinski definition) is 5. The molecule has 5 nitrogen and oxygen atoms in total. The Morgan fingerprint density at radius 2 is 2.14 bits per heavy atom. The fourth-order valence-electron chi connectivity index (χ4n) is 1.00. The van der Waals surface area contributed by atoms with Crippen LogP contribution in [-0.2, 0) is 4.79 Å². The summed E-state index contributed by atoms with van der Waals surface area (Å²) in [7, 11) is 0. The maximum atomic E-state index is 10.8. The quantitative estimate of drug-likeness (QED) is 0.793. The zero-order valence-corrected chi connectivity index (χ0v) is 9.13. The number of carboxylic acid groups (broad SMARTS) is 1. The third-order valence-corrected chi connectivity index (χ3v) is 2.51. The third kappa shape index (κ3) is 2.66. The van der Waals surface area contributed by atoms with E-state index in [1.807, 2.05) is 20.8 Å². The number of aliphatic carboxylic acids is 1. The van der Waals surface area contributed by atoms with Crippen LogP contribution in [0.2, 0.25) is 0 Å². The summed E-state index contributed by atoms with van der Waals surface area (Å²) in [5.74, 6) is -0.857. The van der Waals surface area contributed by atoms with Gasteiger partial charge in [0.1, 0.15) is 11.0 Å². The summed E-state index contributed by atoms with van der Waals surface area (Å²) < 4.78 is 0. The highest BCUT2D eigenvalue weighted by Crippen LogP contribution is 2.17. The first-order chi connectivity index (χ1) is 6.50. The highest BCUT2D eigenvalue weighted by molar-refractivity contribution is 7.15. The monoisotopic (exact) mass is 215 g/mol. The molecule has 0 unspecified atom stereocenters. The lowest BCUT2D eigenvalue weighted by Crippen LogP contribution is -2.34. The van der Waals surface area contributed by atoms with Crippen molar-refractivity contribution in [2.45, 2.75) is 26.8 Å². The summed E-state index contributed by atoms with van der Waals surface area (Å²) >= 11 is 1.35. The Bertz CT molecular complexity index is 324. The van der Waals surface area contributed by atoms with Gasteiger partial charge in [-0.25, -0.2) is 4.79 Å². The molecule has 2 N–H and O–H groups in total. The molecule has 0 saturated heterocycles. The van der Waals surface area contributed by atoms with Gasteiger partial charge in [0.05, 0.1) is 0 Å². The van der Waals surface area contributed by atoms with Crippen LogP contribution in [0.5, 0.6) is 0 Å². The molecule has 0 saturated carbocycles. The fraction of sp³-hybridized carbons (Fsp3) is 0.625. The molecule has 14 heavy (non-hydrogen) atoms. The highest BCUT2D eigenvalue weighted by atomic mass is 32.1. The predicted molar refractivity (Wildman–Crippen MR) is 54.5 cm³/mol. The molecule has 0 fully saturated rings. The van der Waals surface area contributed by atoms with Gasteiger partial charge in [0.25, 0.3) is 0 Å². The lowest BCUT2D eigenvalue weighted by atomic mass is 10.1. The largest absolute Gasteiger partial charge is 0.480 e. The number of hydrogen-bond donors (Lipinski definition) is 2. The first kappa shape index (κ1) is 10.9. The fourth-order valence-corrected chi connectivity index (χ4v) is 1.63. The number of nitrogens with zero attached hydrogens (tertiary/aromatic N) is 2. The van der Waals surface area contributed by atoms with Crippen molar-refractivity contribution >= 4 is 22.4 Å². The molecule has 1 aromatic rings. The molecule has 6 heteroatoms. The van der Waals surface area contributed by atoms with Crippen LogP contribution in [0.25, 0.3) is 0 Å². The number of carbonyl (C=O) groups is 1. The van der Waals surface area contributed by atoms with E-state index < -0.39 is 12.0 Å². The minimum atomic E-state index is -0.868. The van der Waals surface area contributed by atoms with E-state index in [0.717, 1.165) is 5.01 Å². The van der Waals surface area contributed by atoms with Crippen molar-refractivity contribution < 1.29 is 9.90 Å². The summed E-state index contributed by atoms with van der Waals surface area (Å²) in [6.07, 6.45) is 0. The minimum absolute atomic E-state index is 0.0108. The lowest BCUT2D eigenvalue weighted by molar-refractivity contribution is -0.138. The Kier molecular flexibility index (Phi) is 3.40. The maximum absolute atomic E-state index is 10.8. The van der Waals surface area contributed by atoms with Crippen LogP contribution in [0.15, 0.2) is 0 Å². The number of nitrogens with one attached hydrogen (secondary N) is 1. The van der Waals surface area contributed by atoms with Crippen LogP contribution in [0.1, 0.15) is 18.9 Å². The van der Waals surface area contributed by atoms with Crippen molar-refractivity contribution in [3.8, 4) is 0 Å². The summed E-state index contributed by atoms with van der Waals surface area (Å²) in [6, 6.07) is -0.609. The van der Waals surface area contributed by atoms with E-state index >= 15 is 0 Å². The average Bonchev–Trinajstić information content (AvgIpc) is 2.46. The van der Waals surface area contributed by atoms with Gasteiger partial charge in [0, 0.05) is 0 Å². The average molecular weight is 215 g/mol. The van der Waals surface area contributed by atoms with E-state index in [9.17, 15) is 4.79 Å². The molecule has 0 aliphatic rings. The minimum Gasteiger partial charge on any atom is -0.480 e. The third-order valence-electron chi connectivity index (χ3n) is 1.74. The van der Waals surface area contributed by atoms with Crippen molar-refractivity contribution in [3.05, 3.63) is 5.01 Å². The van der Waals surface area contributed by atoms with Crippen LogP contribution in [0.4, 0.5) is 5.13 Å². The molecule has 1 aromatic heterocycles. The number of aryl methyl sites for hydroxylation is 1. The molecule has 1 atom stereocenters. The van der Waals surface area contributed by atoms with Gasteiger partial charge in [0.2, 0.25) is 5.13 Å². The normalized spacial score (nSPS) is 12.9. The van der Waals surface area contributed by atoms with E-state index in [0.29, 0.717) is 5.13 Å². The van der Waals surface area contributed by atoms with Crippen molar-refractivity contribution in [2.24, 2.45) is 5.92 Å². The second kappa shape index (κ2) is 4.36. The van der Waals surface area contributed by atoms with Crippen LogP contribution in [0, 0.1) is 12.8 Å². The maximum Gasteiger partial charge on any atom is 0.326 e. The van der Waals surface area contributed by atoms with E-state index in [-0.39, 0.29) is 5.92 Å². The summed E-state index contributed by atoms with van der Waals surface area (Å²) in [6.45, 7) is 5.52. The topological polar surface area (TPSA) is 75.1 Å². The van der Waals surface area contributed by atoms with Gasteiger partial charge < -0.3 is 10.4 Å². The van der Waals surface area contributed by atoms with Crippen molar-refractivity contribution in [1.82, 2.24) is 10.2 Å². The molecule has 0 bridgehead atoms. The Balaban J connectivity index is 2.69. The second-order valence-electron chi connectivity index (χ2n) is 3.33.